The second-order valence-corrected chi connectivity index (χ2v) is 5.42. The summed E-state index contributed by atoms with van der Waals surface area (Å²) in [5.74, 6) is 1.60. The normalized spacial score (nSPS) is 10.8. The zero-order valence-corrected chi connectivity index (χ0v) is 13.5. The van der Waals surface area contributed by atoms with E-state index in [1.54, 1.807) is 13.1 Å². The van der Waals surface area contributed by atoms with Gasteiger partial charge in [0.2, 0.25) is 0 Å². The van der Waals surface area contributed by atoms with Crippen molar-refractivity contribution in [2.45, 2.75) is 6.42 Å². The molecule has 0 spiro atoms. The molecular formula is C18H20N4O2. The lowest BCUT2D eigenvalue weighted by molar-refractivity contribution is 0.314. The number of phenols is 1. The van der Waals surface area contributed by atoms with E-state index in [-0.39, 0.29) is 5.75 Å². The topological polar surface area (TPSA) is 93.3 Å². The number of aromatic nitrogens is 2. The van der Waals surface area contributed by atoms with Gasteiger partial charge in [-0.15, -0.1) is 10.2 Å². The molecule has 0 fully saturated rings. The van der Waals surface area contributed by atoms with Crippen molar-refractivity contribution in [3.63, 3.8) is 0 Å². The van der Waals surface area contributed by atoms with Crippen LogP contribution in [0.1, 0.15) is 6.42 Å². The predicted octanol–water partition coefficient (Wildman–Crippen LogP) is 2.77. The molecule has 0 aliphatic heterocycles. The highest BCUT2D eigenvalue weighted by Gasteiger charge is 2.09. The molecule has 3 rings (SSSR count). The summed E-state index contributed by atoms with van der Waals surface area (Å²) in [7, 11) is 1.78. The maximum atomic E-state index is 10.4. The van der Waals surface area contributed by atoms with Gasteiger partial charge in [0.1, 0.15) is 17.3 Å². The summed E-state index contributed by atoms with van der Waals surface area (Å²) >= 11 is 0. The number of nitrogens with zero attached hydrogens (tertiary/aromatic N) is 2. The molecule has 24 heavy (non-hydrogen) atoms. The Hall–Kier alpha value is -2.86. The van der Waals surface area contributed by atoms with Crippen molar-refractivity contribution in [3.8, 4) is 22.8 Å². The van der Waals surface area contributed by atoms with Crippen LogP contribution in [0.15, 0.2) is 42.5 Å². The summed E-state index contributed by atoms with van der Waals surface area (Å²) < 4.78 is 5.64. The summed E-state index contributed by atoms with van der Waals surface area (Å²) in [6, 6.07) is 13.0. The number of ether oxygens (including phenoxy) is 1. The number of phenolic OH excluding ortho intramolecular Hbond substituents is 1. The number of anilines is 1. The van der Waals surface area contributed by atoms with Crippen LogP contribution in [0.3, 0.4) is 0 Å². The van der Waals surface area contributed by atoms with Crippen LogP contribution in [0.5, 0.6) is 11.5 Å². The molecule has 0 atom stereocenters. The molecule has 0 saturated heterocycles. The number of rotatable bonds is 6. The molecule has 0 saturated carbocycles. The lowest BCUT2D eigenvalue weighted by Crippen LogP contribution is -2.05. The maximum absolute atomic E-state index is 10.4. The zero-order valence-electron chi connectivity index (χ0n) is 13.5. The van der Waals surface area contributed by atoms with E-state index in [1.807, 2.05) is 36.4 Å². The van der Waals surface area contributed by atoms with Gasteiger partial charge in [-0.1, -0.05) is 6.07 Å². The van der Waals surface area contributed by atoms with Crippen LogP contribution in [-0.2, 0) is 0 Å². The fourth-order valence-electron chi connectivity index (χ4n) is 2.44. The highest BCUT2D eigenvalue weighted by atomic mass is 16.5. The molecule has 6 nitrogen and oxygen atoms in total. The van der Waals surface area contributed by atoms with Crippen molar-refractivity contribution in [2.75, 3.05) is 25.5 Å². The van der Waals surface area contributed by atoms with E-state index in [0.717, 1.165) is 22.9 Å². The van der Waals surface area contributed by atoms with Crippen molar-refractivity contribution in [2.24, 2.45) is 5.73 Å². The molecule has 0 aliphatic rings. The fourth-order valence-corrected chi connectivity index (χ4v) is 2.44. The van der Waals surface area contributed by atoms with Crippen molar-refractivity contribution in [1.29, 1.82) is 0 Å². The van der Waals surface area contributed by atoms with E-state index >= 15 is 0 Å². The number of nitrogens with one attached hydrogen (secondary N) is 1. The summed E-state index contributed by atoms with van der Waals surface area (Å²) in [5, 5.41) is 23.4. The SMILES string of the molecule is CNc1ccc(-c2cc3ccc(OCCCN)cc3cc2O)nn1. The molecule has 124 valence electrons. The molecule has 0 radical (unpaired) electrons. The third-order valence-corrected chi connectivity index (χ3v) is 3.74. The molecule has 1 aromatic heterocycles. The lowest BCUT2D eigenvalue weighted by atomic mass is 10.0. The average Bonchev–Trinajstić information content (AvgIpc) is 2.61. The van der Waals surface area contributed by atoms with Crippen molar-refractivity contribution < 1.29 is 9.84 Å². The third-order valence-electron chi connectivity index (χ3n) is 3.74. The van der Waals surface area contributed by atoms with Gasteiger partial charge in [0.15, 0.2) is 0 Å². The van der Waals surface area contributed by atoms with Gasteiger partial charge in [0, 0.05) is 12.6 Å². The Bertz CT molecular complexity index is 834. The zero-order chi connectivity index (χ0) is 16.9. The minimum Gasteiger partial charge on any atom is -0.507 e. The third kappa shape index (κ3) is 3.38. The van der Waals surface area contributed by atoms with Gasteiger partial charge in [0.25, 0.3) is 0 Å². The van der Waals surface area contributed by atoms with Crippen molar-refractivity contribution in [3.05, 3.63) is 42.5 Å². The van der Waals surface area contributed by atoms with E-state index in [4.69, 9.17) is 10.5 Å². The van der Waals surface area contributed by atoms with Crippen LogP contribution in [0.4, 0.5) is 5.82 Å². The molecule has 2 aromatic carbocycles. The standard InChI is InChI=1S/C18H20N4O2/c1-20-18-6-5-16(21-22-18)15-10-12-3-4-14(24-8-2-7-19)9-13(12)11-17(15)23/h3-6,9-11,23H,2,7-8,19H2,1H3,(H,20,22). The van der Waals surface area contributed by atoms with Gasteiger partial charge in [-0.05, 0) is 60.1 Å². The lowest BCUT2D eigenvalue weighted by Gasteiger charge is -2.09. The van der Waals surface area contributed by atoms with Gasteiger partial charge >= 0.3 is 0 Å². The molecule has 6 heteroatoms. The average molecular weight is 324 g/mol. The van der Waals surface area contributed by atoms with Gasteiger partial charge in [-0.25, -0.2) is 0 Å². The van der Waals surface area contributed by atoms with Crippen LogP contribution >= 0.6 is 0 Å². The maximum Gasteiger partial charge on any atom is 0.148 e. The number of hydrogen-bond acceptors (Lipinski definition) is 6. The Labute approximate surface area is 140 Å². The predicted molar refractivity (Wildman–Crippen MR) is 95.4 cm³/mol. The van der Waals surface area contributed by atoms with E-state index in [2.05, 4.69) is 15.5 Å². The Balaban J connectivity index is 1.93. The first-order chi connectivity index (χ1) is 11.7. The highest BCUT2D eigenvalue weighted by Crippen LogP contribution is 2.33. The summed E-state index contributed by atoms with van der Waals surface area (Å²) in [4.78, 5) is 0. The summed E-state index contributed by atoms with van der Waals surface area (Å²) in [5.41, 5.74) is 6.73. The highest BCUT2D eigenvalue weighted by molar-refractivity contribution is 5.90. The Morgan fingerprint density at radius 1 is 1.08 bits per heavy atom. The number of fused-ring (bicyclic) bond motifs is 1. The van der Waals surface area contributed by atoms with E-state index < -0.39 is 0 Å². The largest absolute Gasteiger partial charge is 0.507 e. The molecule has 0 unspecified atom stereocenters. The van der Waals surface area contributed by atoms with Crippen LogP contribution in [0.25, 0.3) is 22.0 Å². The molecule has 3 aromatic rings. The number of aromatic hydroxyl groups is 1. The minimum atomic E-state index is 0.160. The van der Waals surface area contributed by atoms with Gasteiger partial charge < -0.3 is 20.9 Å². The van der Waals surface area contributed by atoms with Crippen molar-refractivity contribution in [1.82, 2.24) is 10.2 Å². The molecule has 0 bridgehead atoms. The van der Waals surface area contributed by atoms with E-state index in [0.29, 0.717) is 30.2 Å². The first-order valence-corrected chi connectivity index (χ1v) is 7.83. The van der Waals surface area contributed by atoms with Crippen LogP contribution < -0.4 is 15.8 Å². The van der Waals surface area contributed by atoms with Crippen molar-refractivity contribution >= 4 is 16.6 Å². The fraction of sp³-hybridized carbons (Fsp3) is 0.222. The number of benzene rings is 2. The van der Waals surface area contributed by atoms with Crippen LogP contribution in [-0.4, -0.2) is 35.5 Å². The Morgan fingerprint density at radius 3 is 2.67 bits per heavy atom. The van der Waals surface area contributed by atoms with Crippen LogP contribution in [0, 0.1) is 0 Å². The molecule has 0 amide bonds. The van der Waals surface area contributed by atoms with Crippen LogP contribution in [0.2, 0.25) is 0 Å². The quantitative estimate of drug-likeness (QED) is 0.604. The first kappa shape index (κ1) is 16.0. The summed E-state index contributed by atoms with van der Waals surface area (Å²) in [6.07, 6.45) is 0.809. The van der Waals surface area contributed by atoms with Gasteiger partial charge in [-0.3, -0.25) is 0 Å². The minimum absolute atomic E-state index is 0.160. The monoisotopic (exact) mass is 324 g/mol. The van der Waals surface area contributed by atoms with E-state index in [1.165, 1.54) is 0 Å². The Kier molecular flexibility index (Phi) is 4.77. The Morgan fingerprint density at radius 2 is 1.96 bits per heavy atom. The molecule has 4 N–H and O–H groups in total. The second-order valence-electron chi connectivity index (χ2n) is 5.42. The smallest absolute Gasteiger partial charge is 0.148 e. The second kappa shape index (κ2) is 7.14. The van der Waals surface area contributed by atoms with Gasteiger partial charge in [-0.2, -0.15) is 0 Å². The van der Waals surface area contributed by atoms with E-state index in [9.17, 15) is 5.11 Å². The molecule has 1 heterocycles. The molecule has 0 aliphatic carbocycles. The first-order valence-electron chi connectivity index (χ1n) is 7.83. The number of hydrogen-bond donors (Lipinski definition) is 3. The van der Waals surface area contributed by atoms with Gasteiger partial charge in [0.05, 0.1) is 12.3 Å². The molecular weight excluding hydrogens is 304 g/mol. The number of nitrogens with two attached hydrogens (primary N) is 1. The summed E-state index contributed by atoms with van der Waals surface area (Å²) in [6.45, 7) is 1.19.